The molecule has 0 amide bonds. The van der Waals surface area contributed by atoms with Gasteiger partial charge < -0.3 is 14.2 Å². The van der Waals surface area contributed by atoms with E-state index in [2.05, 4.69) is 19.5 Å². The molecule has 0 fully saturated rings. The summed E-state index contributed by atoms with van der Waals surface area (Å²) in [5.74, 6) is 0. The van der Waals surface area contributed by atoms with E-state index in [1.165, 1.54) is 0 Å². The highest BCUT2D eigenvalue weighted by atomic mass is 16.6. The third-order valence-corrected chi connectivity index (χ3v) is 0.524. The van der Waals surface area contributed by atoms with Crippen LogP contribution in [0.5, 0.6) is 0 Å². The van der Waals surface area contributed by atoms with Crippen LogP contribution in [0.3, 0.4) is 0 Å². The smallest absolute Gasteiger partial charge is 0.145 e. The lowest BCUT2D eigenvalue weighted by molar-refractivity contribution is -0.00271. The number of hydrogen-bond acceptors (Lipinski definition) is 4. The van der Waals surface area contributed by atoms with E-state index in [4.69, 9.17) is 0 Å². The van der Waals surface area contributed by atoms with E-state index in [9.17, 15) is 0 Å². The van der Waals surface area contributed by atoms with Crippen LogP contribution in [0.1, 0.15) is 0 Å². The van der Waals surface area contributed by atoms with E-state index in [0.29, 0.717) is 13.5 Å². The zero-order chi connectivity index (χ0) is 8.24. The molecule has 0 saturated carbocycles. The maximum Gasteiger partial charge on any atom is 0.145 e. The van der Waals surface area contributed by atoms with E-state index in [0.717, 1.165) is 0 Å². The van der Waals surface area contributed by atoms with Gasteiger partial charge in [-0.05, 0) is 7.05 Å². The quantitative estimate of drug-likeness (QED) is 0.576. The van der Waals surface area contributed by atoms with Crippen LogP contribution >= 0.6 is 0 Å². The van der Waals surface area contributed by atoms with Gasteiger partial charge in [-0.1, -0.05) is 0 Å². The van der Waals surface area contributed by atoms with Crippen molar-refractivity contribution < 1.29 is 14.2 Å². The number of rotatable bonds is 4. The summed E-state index contributed by atoms with van der Waals surface area (Å²) in [6.07, 6.45) is 0. The minimum atomic E-state index is 0.389. The van der Waals surface area contributed by atoms with Gasteiger partial charge in [-0.3, -0.25) is 5.32 Å². The number of methoxy groups -OCH3 is 3. The second-order valence-corrected chi connectivity index (χ2v) is 1.48. The lowest BCUT2D eigenvalue weighted by atomic mass is 11.2. The van der Waals surface area contributed by atoms with Crippen LogP contribution in [0.25, 0.3) is 0 Å². The van der Waals surface area contributed by atoms with Gasteiger partial charge in [0, 0.05) is 21.3 Å². The van der Waals surface area contributed by atoms with Crippen molar-refractivity contribution in [3.63, 3.8) is 0 Å². The lowest BCUT2D eigenvalue weighted by Crippen LogP contribution is -2.08. The Kier molecular flexibility index (Phi) is 19.9. The van der Waals surface area contributed by atoms with Crippen molar-refractivity contribution in [1.82, 2.24) is 5.32 Å². The summed E-state index contributed by atoms with van der Waals surface area (Å²) in [5.41, 5.74) is 0. The molecule has 0 aliphatic heterocycles. The molecule has 1 N–H and O–H groups in total. The van der Waals surface area contributed by atoms with Gasteiger partial charge in [0.2, 0.25) is 0 Å². The molecule has 0 unspecified atom stereocenters. The summed E-state index contributed by atoms with van der Waals surface area (Å²) >= 11 is 0. The summed E-state index contributed by atoms with van der Waals surface area (Å²) < 4.78 is 13.5. The fourth-order valence-electron chi connectivity index (χ4n) is 0.262. The van der Waals surface area contributed by atoms with Crippen LogP contribution in [-0.4, -0.2) is 41.9 Å². The fraction of sp³-hybridized carbons (Fsp3) is 1.00. The van der Waals surface area contributed by atoms with Crippen molar-refractivity contribution in [2.45, 2.75) is 0 Å². The highest BCUT2D eigenvalue weighted by Crippen LogP contribution is 1.60. The maximum absolute atomic E-state index is 4.58. The topological polar surface area (TPSA) is 39.7 Å². The Hall–Kier alpha value is -0.160. The first-order valence-electron chi connectivity index (χ1n) is 2.94. The molecule has 4 heteroatoms. The predicted molar refractivity (Wildman–Crippen MR) is 39.8 cm³/mol. The van der Waals surface area contributed by atoms with Crippen molar-refractivity contribution in [2.24, 2.45) is 0 Å². The molecule has 64 valence electrons. The standard InChI is InChI=1S/C3H9NO.C3H8O2/c2*1-4-3-5-2/h4H,3H2,1-2H3;3H2,1-2H3. The maximum atomic E-state index is 4.58. The molecule has 0 aliphatic rings. The summed E-state index contributed by atoms with van der Waals surface area (Å²) in [6, 6.07) is 0. The van der Waals surface area contributed by atoms with Gasteiger partial charge in [-0.15, -0.1) is 0 Å². The van der Waals surface area contributed by atoms with Crippen LogP contribution in [0.2, 0.25) is 0 Å². The first-order valence-corrected chi connectivity index (χ1v) is 2.94. The van der Waals surface area contributed by atoms with E-state index >= 15 is 0 Å². The van der Waals surface area contributed by atoms with Gasteiger partial charge in [0.15, 0.2) is 0 Å². The van der Waals surface area contributed by atoms with Crippen LogP contribution in [0.15, 0.2) is 0 Å². The number of ether oxygens (including phenoxy) is 3. The Bertz CT molecular complexity index is 34.0. The average Bonchev–Trinajstić information content (AvgIpc) is 1.93. The molecule has 0 rings (SSSR count). The van der Waals surface area contributed by atoms with Gasteiger partial charge in [0.1, 0.15) is 6.79 Å². The molecular weight excluding hydrogens is 134 g/mol. The largest absolute Gasteiger partial charge is 0.370 e. The summed E-state index contributed by atoms with van der Waals surface area (Å²) in [5, 5.41) is 2.80. The second-order valence-electron chi connectivity index (χ2n) is 1.48. The van der Waals surface area contributed by atoms with E-state index in [1.54, 1.807) is 21.3 Å². The molecule has 0 aromatic carbocycles. The Labute approximate surface area is 62.5 Å². The van der Waals surface area contributed by atoms with Crippen molar-refractivity contribution >= 4 is 0 Å². The lowest BCUT2D eigenvalue weighted by Gasteiger charge is -1.88. The zero-order valence-corrected chi connectivity index (χ0v) is 7.14. The SMILES string of the molecule is CNCOC.COCOC. The first kappa shape index (κ1) is 12.5. The third kappa shape index (κ3) is 24.9. The van der Waals surface area contributed by atoms with Gasteiger partial charge in [-0.2, -0.15) is 0 Å². The minimum absolute atomic E-state index is 0.389. The molecular formula is C6H17NO3. The van der Waals surface area contributed by atoms with Crippen LogP contribution in [0, 0.1) is 0 Å². The Morgan fingerprint density at radius 2 is 1.50 bits per heavy atom. The van der Waals surface area contributed by atoms with E-state index in [1.807, 2.05) is 7.05 Å². The third-order valence-electron chi connectivity index (χ3n) is 0.524. The molecule has 0 radical (unpaired) electrons. The molecule has 0 aromatic rings. The second kappa shape index (κ2) is 15.9. The van der Waals surface area contributed by atoms with Gasteiger partial charge in [0.05, 0.1) is 6.73 Å². The summed E-state index contributed by atoms with van der Waals surface area (Å²) in [4.78, 5) is 0. The molecule has 0 aliphatic carbocycles. The molecule has 0 saturated heterocycles. The Morgan fingerprint density at radius 3 is 1.50 bits per heavy atom. The molecule has 0 atom stereocenters. The summed E-state index contributed by atoms with van der Waals surface area (Å²) in [7, 11) is 6.66. The van der Waals surface area contributed by atoms with E-state index < -0.39 is 0 Å². The van der Waals surface area contributed by atoms with Gasteiger partial charge in [0.25, 0.3) is 0 Å². The van der Waals surface area contributed by atoms with Crippen molar-refractivity contribution in [3.05, 3.63) is 0 Å². The van der Waals surface area contributed by atoms with Crippen molar-refractivity contribution in [3.8, 4) is 0 Å². The highest BCUT2D eigenvalue weighted by Gasteiger charge is 1.63. The van der Waals surface area contributed by atoms with Gasteiger partial charge in [-0.25, -0.2) is 0 Å². The highest BCUT2D eigenvalue weighted by molar-refractivity contribution is 4.08. The van der Waals surface area contributed by atoms with Crippen molar-refractivity contribution in [1.29, 1.82) is 0 Å². The molecule has 0 aromatic heterocycles. The fourth-order valence-corrected chi connectivity index (χ4v) is 0.262. The number of hydrogen-bond donors (Lipinski definition) is 1. The van der Waals surface area contributed by atoms with Crippen molar-refractivity contribution in [2.75, 3.05) is 41.9 Å². The molecule has 4 nitrogen and oxygen atoms in total. The van der Waals surface area contributed by atoms with Gasteiger partial charge >= 0.3 is 0 Å². The van der Waals surface area contributed by atoms with Crippen LogP contribution in [-0.2, 0) is 14.2 Å². The number of nitrogens with one attached hydrogen (secondary N) is 1. The molecule has 0 spiro atoms. The minimum Gasteiger partial charge on any atom is -0.370 e. The Morgan fingerprint density at radius 1 is 1.00 bits per heavy atom. The Balaban J connectivity index is 0. The van der Waals surface area contributed by atoms with Crippen LogP contribution < -0.4 is 5.32 Å². The molecule has 10 heavy (non-hydrogen) atoms. The molecule has 0 heterocycles. The zero-order valence-electron chi connectivity index (χ0n) is 7.14. The van der Waals surface area contributed by atoms with E-state index in [-0.39, 0.29) is 0 Å². The first-order chi connectivity index (χ1) is 4.83. The predicted octanol–water partition coefficient (Wildman–Crippen LogP) is 0.0464. The van der Waals surface area contributed by atoms with Crippen LogP contribution in [0.4, 0.5) is 0 Å². The molecule has 0 bridgehead atoms. The average molecular weight is 151 g/mol. The monoisotopic (exact) mass is 151 g/mol. The normalized spacial score (nSPS) is 8.40. The summed E-state index contributed by atoms with van der Waals surface area (Å²) in [6.45, 7) is 1.03.